The molecule has 0 atom stereocenters. The van der Waals surface area contributed by atoms with Crippen LogP contribution in [0.15, 0.2) is 152 Å². The third kappa shape index (κ3) is 9.15. The number of ether oxygens (including phenoxy) is 1. The molecule has 0 saturated carbocycles. The molecule has 0 unspecified atom stereocenters. The van der Waals surface area contributed by atoms with Gasteiger partial charge in [-0.25, -0.2) is 4.98 Å². The molecule has 3 aromatic heterocycles. The summed E-state index contributed by atoms with van der Waals surface area (Å²) in [5.74, 6) is 2.09. The minimum atomic E-state index is -0.414. The summed E-state index contributed by atoms with van der Waals surface area (Å²) >= 11 is 0. The monoisotopic (exact) mass is 1080 g/mol. The number of para-hydroxylation sites is 1. The topological polar surface area (TPSA) is 35.9 Å². The quantitative estimate of drug-likeness (QED) is 0.107. The van der Waals surface area contributed by atoms with Crippen molar-refractivity contribution in [1.29, 1.82) is 0 Å². The van der Waals surface area contributed by atoms with E-state index in [0.29, 0.717) is 11.5 Å². The Morgan fingerprint density at radius 1 is 0.529 bits per heavy atom. The molecule has 0 bridgehead atoms. The van der Waals surface area contributed by atoms with Crippen molar-refractivity contribution in [3.63, 3.8) is 0 Å². The minimum Gasteiger partial charge on any atom is -0.510 e. The number of imidazole rings is 1. The summed E-state index contributed by atoms with van der Waals surface area (Å²) in [6.07, 6.45) is 7.97. The molecular weight excluding hydrogens is 1010 g/mol. The molecule has 9 aromatic rings. The molecule has 0 aliphatic heterocycles. The largest absolute Gasteiger partial charge is 0.510 e. The van der Waals surface area contributed by atoms with Gasteiger partial charge in [-0.05, 0) is 79.9 Å². The molecule has 350 valence electrons. The van der Waals surface area contributed by atoms with Crippen LogP contribution in [0.3, 0.4) is 0 Å². The van der Waals surface area contributed by atoms with Crippen molar-refractivity contribution in [2.24, 2.45) is 0 Å². The molecule has 9 rings (SSSR count). The average Bonchev–Trinajstić information content (AvgIpc) is 3.90. The fraction of sp³-hybridized carbons (Fsp3) is 0.290. The van der Waals surface area contributed by atoms with Crippen molar-refractivity contribution in [2.45, 2.75) is 117 Å². The molecule has 0 saturated heterocycles. The molecule has 0 fully saturated rings. The van der Waals surface area contributed by atoms with Crippen molar-refractivity contribution in [3.05, 3.63) is 209 Å². The summed E-state index contributed by atoms with van der Waals surface area (Å²) in [5.41, 5.74) is 11.1. The van der Waals surface area contributed by atoms with Gasteiger partial charge in [-0.3, -0.25) is 4.57 Å². The van der Waals surface area contributed by atoms with Gasteiger partial charge in [0.05, 0.1) is 11.4 Å². The van der Waals surface area contributed by atoms with Crippen molar-refractivity contribution >= 4 is 21.8 Å². The molecular formula is C62H64N4OPt-2. The predicted octanol–water partition coefficient (Wildman–Crippen LogP) is 15.0. The van der Waals surface area contributed by atoms with Crippen LogP contribution in [-0.4, -0.2) is 14.1 Å². The van der Waals surface area contributed by atoms with Gasteiger partial charge >= 0.3 is 0 Å². The van der Waals surface area contributed by atoms with Gasteiger partial charge in [-0.15, -0.1) is 29.8 Å². The van der Waals surface area contributed by atoms with Crippen LogP contribution in [0.1, 0.15) is 129 Å². The Morgan fingerprint density at radius 2 is 1.13 bits per heavy atom. The first kappa shape index (κ1) is 48.4. The standard InChI is InChI=1S/C62H64N4O.Pt/c1-58(2,3)44-31-32-63-56(36-44)66-53-30-21-20-29-51(53)57-52(60(7,8)9)38-50(39-54(57)66)67-49-35-46(59(4,5)6)34-48(37-49)65-41-64(40-55(65)62(12,13)43-25-18-15-19-26-43)47-28-22-27-45(33-47)61(10,11)42-23-16-14-17-24-42;/h14-36,38,40H,1-13H3;/q-2;. The van der Waals surface area contributed by atoms with E-state index in [1.807, 2.05) is 6.20 Å². The summed E-state index contributed by atoms with van der Waals surface area (Å²) < 4.78 is 13.7. The van der Waals surface area contributed by atoms with Gasteiger partial charge in [-0.2, -0.15) is 11.6 Å². The third-order valence-electron chi connectivity index (χ3n) is 13.6. The Morgan fingerprint density at radius 3 is 1.78 bits per heavy atom. The second kappa shape index (κ2) is 17.8. The maximum absolute atomic E-state index is 7.10. The summed E-state index contributed by atoms with van der Waals surface area (Å²) in [6.45, 7) is 29.4. The number of rotatable bonds is 9. The molecule has 0 aliphatic rings. The number of hydrogen-bond acceptors (Lipinski definition) is 2. The Labute approximate surface area is 419 Å². The zero-order valence-electron chi connectivity index (χ0n) is 41.9. The van der Waals surface area contributed by atoms with Crippen LogP contribution >= 0.6 is 0 Å². The summed E-state index contributed by atoms with van der Waals surface area (Å²) in [5, 5.41) is 2.32. The van der Waals surface area contributed by atoms with Crippen LogP contribution in [0.5, 0.6) is 11.5 Å². The fourth-order valence-corrected chi connectivity index (χ4v) is 9.33. The molecule has 6 heteroatoms. The Bertz CT molecular complexity index is 3260. The predicted molar refractivity (Wildman–Crippen MR) is 276 cm³/mol. The average molecular weight is 1080 g/mol. The van der Waals surface area contributed by atoms with Crippen LogP contribution in [0.2, 0.25) is 0 Å². The van der Waals surface area contributed by atoms with Crippen LogP contribution in [0.4, 0.5) is 0 Å². The Balaban J connectivity index is 0.00000625. The van der Waals surface area contributed by atoms with Gasteiger partial charge in [0.25, 0.3) is 6.33 Å². The number of fused-ring (bicyclic) bond motifs is 3. The smallest absolute Gasteiger partial charge is 0.267 e. The molecule has 3 heterocycles. The van der Waals surface area contributed by atoms with Gasteiger partial charge in [0.2, 0.25) is 0 Å². The van der Waals surface area contributed by atoms with Crippen molar-refractivity contribution in [1.82, 2.24) is 14.1 Å². The molecule has 68 heavy (non-hydrogen) atoms. The summed E-state index contributed by atoms with van der Waals surface area (Å²) in [6, 6.07) is 57.4. The molecule has 0 spiro atoms. The van der Waals surface area contributed by atoms with Crippen molar-refractivity contribution in [2.75, 3.05) is 0 Å². The normalized spacial score (nSPS) is 12.7. The molecule has 0 amide bonds. The fourth-order valence-electron chi connectivity index (χ4n) is 9.33. The molecule has 0 radical (unpaired) electrons. The van der Waals surface area contributed by atoms with Crippen LogP contribution in [0, 0.1) is 18.5 Å². The third-order valence-corrected chi connectivity index (χ3v) is 13.6. The zero-order valence-corrected chi connectivity index (χ0v) is 44.2. The zero-order chi connectivity index (χ0) is 47.7. The Hall–Kier alpha value is -6.03. The number of benzene rings is 6. The summed E-state index contributed by atoms with van der Waals surface area (Å²) in [7, 11) is 0. The maximum atomic E-state index is 7.10. The van der Waals surface area contributed by atoms with E-state index in [1.165, 1.54) is 27.8 Å². The number of nitrogens with zero attached hydrogens (tertiary/aromatic N) is 4. The van der Waals surface area contributed by atoms with Gasteiger partial charge < -0.3 is 13.9 Å². The maximum Gasteiger partial charge on any atom is 0.267 e. The number of pyridine rings is 1. The van der Waals surface area contributed by atoms with Gasteiger partial charge in [0, 0.05) is 61.3 Å². The van der Waals surface area contributed by atoms with Crippen molar-refractivity contribution in [3.8, 4) is 28.7 Å². The van der Waals surface area contributed by atoms with E-state index in [-0.39, 0.29) is 42.7 Å². The van der Waals surface area contributed by atoms with Crippen LogP contribution in [-0.2, 0) is 48.1 Å². The van der Waals surface area contributed by atoms with E-state index >= 15 is 0 Å². The van der Waals surface area contributed by atoms with Gasteiger partial charge in [-0.1, -0.05) is 192 Å². The molecule has 0 N–H and O–H groups in total. The van der Waals surface area contributed by atoms with Crippen LogP contribution < -0.4 is 9.30 Å². The molecule has 0 aliphatic carbocycles. The number of hydrogen-bond donors (Lipinski definition) is 0. The second-order valence-corrected chi connectivity index (χ2v) is 22.3. The SMILES string of the molecule is CC(C)(C)c1cc(Oc2[c-]c3c(c(C(C)(C)C)c2)c2ccccc2n3-c2cc(C(C)(C)C)ccn2)[c-]c(-n2[c-][n+](-c3cccc(C(C)(C)c4ccccc4)c3)cc2C(C)(C)c2ccccc2)c1.[Pt]. The van der Waals surface area contributed by atoms with E-state index in [1.54, 1.807) is 0 Å². The second-order valence-electron chi connectivity index (χ2n) is 22.3. The minimum absolute atomic E-state index is 0. The van der Waals surface area contributed by atoms with E-state index in [9.17, 15) is 0 Å². The molecule has 6 aromatic carbocycles. The van der Waals surface area contributed by atoms with E-state index < -0.39 is 5.41 Å². The number of aromatic nitrogens is 4. The summed E-state index contributed by atoms with van der Waals surface area (Å²) in [4.78, 5) is 4.98. The van der Waals surface area contributed by atoms with E-state index in [4.69, 9.17) is 9.72 Å². The van der Waals surface area contributed by atoms with Crippen LogP contribution in [0.25, 0.3) is 39.0 Å². The van der Waals surface area contributed by atoms with Gasteiger partial charge in [0.15, 0.2) is 0 Å². The van der Waals surface area contributed by atoms with E-state index in [0.717, 1.165) is 50.3 Å². The Kier molecular flexibility index (Phi) is 12.7. The molecule has 5 nitrogen and oxygen atoms in total. The van der Waals surface area contributed by atoms with Crippen molar-refractivity contribution < 1.29 is 30.4 Å². The van der Waals surface area contributed by atoms with Gasteiger partial charge in [0.1, 0.15) is 5.82 Å². The first-order valence-corrected chi connectivity index (χ1v) is 23.6. The van der Waals surface area contributed by atoms with E-state index in [2.05, 4.69) is 268 Å². The first-order chi connectivity index (χ1) is 31.6. The first-order valence-electron chi connectivity index (χ1n) is 23.6.